The average Bonchev–Trinajstić information content (AvgIpc) is 2.67. The fraction of sp³-hybridized carbons (Fsp3) is 0.619. The van der Waals surface area contributed by atoms with Crippen LogP contribution in [0, 0.1) is 5.92 Å². The highest BCUT2D eigenvalue weighted by Crippen LogP contribution is 2.13. The summed E-state index contributed by atoms with van der Waals surface area (Å²) in [4.78, 5) is 28.2. The van der Waals surface area contributed by atoms with Gasteiger partial charge in [0.05, 0.1) is 33.3 Å². The van der Waals surface area contributed by atoms with Gasteiger partial charge in [0.25, 0.3) is 0 Å². The summed E-state index contributed by atoms with van der Waals surface area (Å²) in [6.45, 7) is 10.1. The minimum Gasteiger partial charge on any atom is -0.469 e. The maximum atomic E-state index is 12.4. The number of benzene rings is 1. The number of ether oxygens (including phenoxy) is 2. The lowest BCUT2D eigenvalue weighted by Gasteiger charge is -2.26. The molecule has 1 amide bonds. The van der Waals surface area contributed by atoms with Crippen molar-refractivity contribution >= 4 is 17.6 Å². The van der Waals surface area contributed by atoms with Gasteiger partial charge in [-0.25, -0.2) is 0 Å². The van der Waals surface area contributed by atoms with Crippen LogP contribution in [0.25, 0.3) is 0 Å². The van der Waals surface area contributed by atoms with Crippen LogP contribution in [0.2, 0.25) is 0 Å². The van der Waals surface area contributed by atoms with Gasteiger partial charge in [-0.15, -0.1) is 0 Å². The maximum Gasteiger partial charge on any atom is 0.306 e. The first-order valence-electron chi connectivity index (χ1n) is 9.94. The number of hydrogen-bond donors (Lipinski definition) is 1. The number of carbonyl (C=O) groups is 2. The molecule has 0 atom stereocenters. The lowest BCUT2D eigenvalue weighted by molar-refractivity contribution is -0.141. The standard InChI is InChI=1S/C21H33N3O4/c1-17(2)14-24(9-8-21(26)27-3)16-20(25)22-19-6-4-18(5-7-19)15-23-10-12-28-13-11-23/h4-7,17H,8-16H2,1-3H3,(H,22,25). The van der Waals surface area contributed by atoms with Crippen molar-refractivity contribution in [2.24, 2.45) is 5.92 Å². The summed E-state index contributed by atoms with van der Waals surface area (Å²) >= 11 is 0. The number of anilines is 1. The van der Waals surface area contributed by atoms with Gasteiger partial charge in [0.2, 0.25) is 5.91 Å². The molecule has 0 radical (unpaired) electrons. The Morgan fingerprint density at radius 1 is 1.21 bits per heavy atom. The SMILES string of the molecule is COC(=O)CCN(CC(=O)Nc1ccc(CN2CCOCC2)cc1)CC(C)C. The highest BCUT2D eigenvalue weighted by molar-refractivity contribution is 5.92. The molecule has 1 aromatic rings. The van der Waals surface area contributed by atoms with Gasteiger partial charge in [-0.05, 0) is 23.6 Å². The molecule has 1 aliphatic heterocycles. The predicted molar refractivity (Wildman–Crippen MR) is 109 cm³/mol. The molecular formula is C21H33N3O4. The van der Waals surface area contributed by atoms with E-state index >= 15 is 0 Å². The molecule has 0 aliphatic carbocycles. The molecule has 0 spiro atoms. The number of nitrogens with one attached hydrogen (secondary N) is 1. The summed E-state index contributed by atoms with van der Waals surface area (Å²) < 4.78 is 10.1. The zero-order valence-electron chi connectivity index (χ0n) is 17.3. The van der Waals surface area contributed by atoms with E-state index in [0.29, 0.717) is 12.5 Å². The Balaban J connectivity index is 1.82. The average molecular weight is 392 g/mol. The van der Waals surface area contributed by atoms with Crippen LogP contribution in [0.5, 0.6) is 0 Å². The molecule has 0 unspecified atom stereocenters. The molecular weight excluding hydrogens is 358 g/mol. The molecule has 1 fully saturated rings. The lowest BCUT2D eigenvalue weighted by atomic mass is 10.2. The summed E-state index contributed by atoms with van der Waals surface area (Å²) in [5.74, 6) is 0.0707. The Bertz CT molecular complexity index is 613. The maximum absolute atomic E-state index is 12.4. The summed E-state index contributed by atoms with van der Waals surface area (Å²) in [7, 11) is 1.38. The van der Waals surface area contributed by atoms with E-state index in [4.69, 9.17) is 9.47 Å². The normalized spacial score (nSPS) is 15.0. The molecule has 0 saturated carbocycles. The minimum absolute atomic E-state index is 0.0774. The third-order valence-corrected chi connectivity index (χ3v) is 4.60. The number of nitrogens with zero attached hydrogens (tertiary/aromatic N) is 2. The minimum atomic E-state index is -0.259. The summed E-state index contributed by atoms with van der Waals surface area (Å²) in [5.41, 5.74) is 2.01. The number of amides is 1. The summed E-state index contributed by atoms with van der Waals surface area (Å²) in [6.07, 6.45) is 0.284. The van der Waals surface area contributed by atoms with Gasteiger partial charge in [0, 0.05) is 38.4 Å². The van der Waals surface area contributed by atoms with E-state index in [0.717, 1.165) is 45.1 Å². The first kappa shape index (κ1) is 22.3. The molecule has 0 aromatic heterocycles. The third-order valence-electron chi connectivity index (χ3n) is 4.60. The molecule has 2 rings (SSSR count). The number of rotatable bonds is 10. The van der Waals surface area contributed by atoms with Crippen molar-refractivity contribution in [3.05, 3.63) is 29.8 Å². The van der Waals surface area contributed by atoms with Gasteiger partial charge in [-0.3, -0.25) is 19.4 Å². The second-order valence-corrected chi connectivity index (χ2v) is 7.59. The first-order valence-corrected chi connectivity index (χ1v) is 9.94. The molecule has 7 heteroatoms. The molecule has 1 saturated heterocycles. The molecule has 1 aromatic carbocycles. The van der Waals surface area contributed by atoms with E-state index < -0.39 is 0 Å². The molecule has 1 heterocycles. The predicted octanol–water partition coefficient (Wildman–Crippen LogP) is 1.98. The van der Waals surface area contributed by atoms with Crippen molar-refractivity contribution in [1.82, 2.24) is 9.80 Å². The summed E-state index contributed by atoms with van der Waals surface area (Å²) in [6, 6.07) is 7.98. The summed E-state index contributed by atoms with van der Waals surface area (Å²) in [5, 5.41) is 2.95. The molecule has 156 valence electrons. The van der Waals surface area contributed by atoms with Gasteiger partial charge in [0.1, 0.15) is 0 Å². The quantitative estimate of drug-likeness (QED) is 0.615. The lowest BCUT2D eigenvalue weighted by Crippen LogP contribution is -2.37. The molecule has 1 aliphatic rings. The van der Waals surface area contributed by atoms with E-state index in [1.54, 1.807) is 0 Å². The molecule has 7 nitrogen and oxygen atoms in total. The van der Waals surface area contributed by atoms with Crippen molar-refractivity contribution in [2.45, 2.75) is 26.8 Å². The van der Waals surface area contributed by atoms with Crippen LogP contribution in [0.1, 0.15) is 25.8 Å². The number of hydrogen-bond acceptors (Lipinski definition) is 6. The van der Waals surface area contributed by atoms with Gasteiger partial charge in [-0.2, -0.15) is 0 Å². The van der Waals surface area contributed by atoms with Crippen LogP contribution < -0.4 is 5.32 Å². The van der Waals surface area contributed by atoms with E-state index in [9.17, 15) is 9.59 Å². The van der Waals surface area contributed by atoms with Crippen LogP contribution >= 0.6 is 0 Å². The number of morpholine rings is 1. The van der Waals surface area contributed by atoms with Crippen LogP contribution in [-0.4, -0.2) is 74.7 Å². The Morgan fingerprint density at radius 3 is 2.50 bits per heavy atom. The van der Waals surface area contributed by atoms with Crippen LogP contribution in [0.4, 0.5) is 5.69 Å². The third kappa shape index (κ3) is 8.37. The number of carbonyl (C=O) groups excluding carboxylic acids is 2. The van der Waals surface area contributed by atoms with Crippen molar-refractivity contribution in [1.29, 1.82) is 0 Å². The van der Waals surface area contributed by atoms with Crippen molar-refractivity contribution in [3.63, 3.8) is 0 Å². The zero-order valence-corrected chi connectivity index (χ0v) is 17.3. The zero-order chi connectivity index (χ0) is 20.4. The fourth-order valence-corrected chi connectivity index (χ4v) is 3.22. The Kier molecular flexibility index (Phi) is 9.40. The van der Waals surface area contributed by atoms with Crippen molar-refractivity contribution in [2.75, 3.05) is 58.4 Å². The largest absolute Gasteiger partial charge is 0.469 e. The van der Waals surface area contributed by atoms with E-state index in [-0.39, 0.29) is 24.8 Å². The topological polar surface area (TPSA) is 71.1 Å². The highest BCUT2D eigenvalue weighted by atomic mass is 16.5. The monoisotopic (exact) mass is 391 g/mol. The van der Waals surface area contributed by atoms with E-state index in [1.165, 1.54) is 12.7 Å². The van der Waals surface area contributed by atoms with Crippen LogP contribution in [0.3, 0.4) is 0 Å². The van der Waals surface area contributed by atoms with E-state index in [1.807, 2.05) is 29.2 Å². The smallest absolute Gasteiger partial charge is 0.306 e. The second kappa shape index (κ2) is 11.8. The Hall–Kier alpha value is -1.96. The first-order chi connectivity index (χ1) is 13.5. The number of esters is 1. The van der Waals surface area contributed by atoms with Gasteiger partial charge >= 0.3 is 5.97 Å². The fourth-order valence-electron chi connectivity index (χ4n) is 3.22. The molecule has 1 N–H and O–H groups in total. The second-order valence-electron chi connectivity index (χ2n) is 7.59. The Labute approximate surface area is 168 Å². The van der Waals surface area contributed by atoms with Gasteiger partial charge in [0.15, 0.2) is 0 Å². The van der Waals surface area contributed by atoms with E-state index in [2.05, 4.69) is 24.1 Å². The molecule has 28 heavy (non-hydrogen) atoms. The van der Waals surface area contributed by atoms with Crippen LogP contribution in [-0.2, 0) is 25.6 Å². The van der Waals surface area contributed by atoms with Crippen molar-refractivity contribution in [3.8, 4) is 0 Å². The van der Waals surface area contributed by atoms with Crippen molar-refractivity contribution < 1.29 is 19.1 Å². The van der Waals surface area contributed by atoms with Gasteiger partial charge < -0.3 is 14.8 Å². The number of methoxy groups -OCH3 is 1. The Morgan fingerprint density at radius 2 is 1.89 bits per heavy atom. The van der Waals surface area contributed by atoms with Crippen LogP contribution in [0.15, 0.2) is 24.3 Å². The molecule has 0 bridgehead atoms. The van der Waals surface area contributed by atoms with Gasteiger partial charge in [-0.1, -0.05) is 26.0 Å². The highest BCUT2D eigenvalue weighted by Gasteiger charge is 2.15.